The summed E-state index contributed by atoms with van der Waals surface area (Å²) in [4.78, 5) is 4.95. The summed E-state index contributed by atoms with van der Waals surface area (Å²) >= 11 is 1.57. The summed E-state index contributed by atoms with van der Waals surface area (Å²) in [6.07, 6.45) is 6.38. The highest BCUT2D eigenvalue weighted by Crippen LogP contribution is 2.34. The molecule has 6 nitrogen and oxygen atoms in total. The molecule has 0 radical (unpaired) electrons. The Hall–Kier alpha value is -2.80. The van der Waals surface area contributed by atoms with E-state index in [0.29, 0.717) is 0 Å². The predicted octanol–water partition coefficient (Wildman–Crippen LogP) is 3.94. The van der Waals surface area contributed by atoms with Gasteiger partial charge in [0.15, 0.2) is 5.82 Å². The first kappa shape index (κ1) is 16.4. The van der Waals surface area contributed by atoms with Crippen LogP contribution in [0.25, 0.3) is 16.3 Å². The second-order valence-corrected chi connectivity index (χ2v) is 8.48. The Kier molecular flexibility index (Phi) is 3.72. The van der Waals surface area contributed by atoms with E-state index in [9.17, 15) is 0 Å². The van der Waals surface area contributed by atoms with E-state index < -0.39 is 0 Å². The number of pyridine rings is 1. The third-order valence-electron chi connectivity index (χ3n) is 4.82. The first-order valence-corrected chi connectivity index (χ1v) is 9.81. The standard InChI is InChI=1S/C20H19N5OS/c1-20(2)8-7-14-10-13(5-6-16(14)26-20)11-17-24-25-18(22-23-19(25)27-17)15-4-3-9-21-12-15/h3-6,9-10,12H,7-8,11H2,1-2H3. The Labute approximate surface area is 160 Å². The van der Waals surface area contributed by atoms with Gasteiger partial charge in [0.05, 0.1) is 0 Å². The third kappa shape index (κ3) is 3.08. The Morgan fingerprint density at radius 1 is 1.22 bits per heavy atom. The molecule has 27 heavy (non-hydrogen) atoms. The van der Waals surface area contributed by atoms with E-state index in [0.717, 1.165) is 46.4 Å². The lowest BCUT2D eigenvalue weighted by atomic mass is 9.93. The molecule has 0 spiro atoms. The molecule has 1 aromatic carbocycles. The van der Waals surface area contributed by atoms with Crippen LogP contribution in [0.3, 0.4) is 0 Å². The molecule has 0 N–H and O–H groups in total. The summed E-state index contributed by atoms with van der Waals surface area (Å²) in [5.74, 6) is 1.73. The molecule has 0 bridgehead atoms. The van der Waals surface area contributed by atoms with E-state index in [4.69, 9.17) is 9.84 Å². The van der Waals surface area contributed by atoms with Gasteiger partial charge in [-0.1, -0.05) is 23.5 Å². The molecule has 7 heteroatoms. The normalized spacial score (nSPS) is 15.5. The zero-order chi connectivity index (χ0) is 18.4. The minimum Gasteiger partial charge on any atom is -0.488 e. The van der Waals surface area contributed by atoms with Crippen molar-refractivity contribution in [2.75, 3.05) is 0 Å². The van der Waals surface area contributed by atoms with E-state index in [-0.39, 0.29) is 5.60 Å². The summed E-state index contributed by atoms with van der Waals surface area (Å²) in [6, 6.07) is 10.3. The van der Waals surface area contributed by atoms with Crippen LogP contribution in [-0.4, -0.2) is 30.4 Å². The van der Waals surface area contributed by atoms with Gasteiger partial charge in [-0.3, -0.25) is 4.98 Å². The summed E-state index contributed by atoms with van der Waals surface area (Å²) in [5.41, 5.74) is 3.36. The lowest BCUT2D eigenvalue weighted by Gasteiger charge is -2.32. The first-order chi connectivity index (χ1) is 13.1. The smallest absolute Gasteiger partial charge is 0.234 e. The van der Waals surface area contributed by atoms with Crippen LogP contribution in [0.15, 0.2) is 42.7 Å². The van der Waals surface area contributed by atoms with Crippen molar-refractivity contribution < 1.29 is 4.74 Å². The maximum Gasteiger partial charge on any atom is 0.234 e. The van der Waals surface area contributed by atoms with Crippen LogP contribution in [0.1, 0.15) is 36.4 Å². The van der Waals surface area contributed by atoms with Crippen LogP contribution in [0, 0.1) is 0 Å². The highest BCUT2D eigenvalue weighted by Gasteiger charge is 2.26. The molecule has 1 aliphatic rings. The van der Waals surface area contributed by atoms with Crippen LogP contribution in [0.4, 0.5) is 0 Å². The minimum atomic E-state index is -0.0786. The van der Waals surface area contributed by atoms with E-state index in [2.05, 4.69) is 47.2 Å². The molecule has 1 aliphatic heterocycles. The number of aromatic nitrogens is 5. The maximum absolute atomic E-state index is 6.08. The zero-order valence-electron chi connectivity index (χ0n) is 15.2. The van der Waals surface area contributed by atoms with Gasteiger partial charge in [0.25, 0.3) is 0 Å². The second-order valence-electron chi connectivity index (χ2n) is 7.44. The fraction of sp³-hybridized carbons (Fsp3) is 0.300. The highest BCUT2D eigenvalue weighted by atomic mass is 32.1. The van der Waals surface area contributed by atoms with Crippen LogP contribution in [-0.2, 0) is 12.8 Å². The highest BCUT2D eigenvalue weighted by molar-refractivity contribution is 7.16. The van der Waals surface area contributed by atoms with E-state index in [1.165, 1.54) is 11.1 Å². The van der Waals surface area contributed by atoms with Crippen molar-refractivity contribution in [1.29, 1.82) is 0 Å². The number of ether oxygens (including phenoxy) is 1. The zero-order valence-corrected chi connectivity index (χ0v) is 16.0. The first-order valence-electron chi connectivity index (χ1n) is 9.00. The van der Waals surface area contributed by atoms with Crippen LogP contribution in [0.5, 0.6) is 5.75 Å². The fourth-order valence-corrected chi connectivity index (χ4v) is 4.27. The summed E-state index contributed by atoms with van der Waals surface area (Å²) < 4.78 is 7.89. The number of hydrogen-bond acceptors (Lipinski definition) is 6. The largest absolute Gasteiger partial charge is 0.488 e. The quantitative estimate of drug-likeness (QED) is 0.541. The molecular weight excluding hydrogens is 358 g/mol. The van der Waals surface area contributed by atoms with E-state index >= 15 is 0 Å². The van der Waals surface area contributed by atoms with Crippen molar-refractivity contribution in [2.24, 2.45) is 0 Å². The number of nitrogens with zero attached hydrogens (tertiary/aromatic N) is 5. The molecule has 0 atom stereocenters. The van der Waals surface area contributed by atoms with E-state index in [1.54, 1.807) is 28.2 Å². The number of hydrogen-bond donors (Lipinski definition) is 0. The minimum absolute atomic E-state index is 0.0786. The van der Waals surface area contributed by atoms with Gasteiger partial charge in [0.1, 0.15) is 16.4 Å². The van der Waals surface area contributed by atoms with Crippen molar-refractivity contribution in [1.82, 2.24) is 24.8 Å². The SMILES string of the molecule is CC1(C)CCc2cc(Cc3nn4c(-c5cccnc5)nnc4s3)ccc2O1. The number of fused-ring (bicyclic) bond motifs is 2. The molecule has 0 saturated carbocycles. The predicted molar refractivity (Wildman–Crippen MR) is 104 cm³/mol. The van der Waals surface area contributed by atoms with Crippen LogP contribution < -0.4 is 4.74 Å². The van der Waals surface area contributed by atoms with Crippen molar-refractivity contribution in [3.05, 3.63) is 58.9 Å². The Morgan fingerprint density at radius 3 is 3.00 bits per heavy atom. The number of rotatable bonds is 3. The molecule has 0 aliphatic carbocycles. The Morgan fingerprint density at radius 2 is 2.15 bits per heavy atom. The lowest BCUT2D eigenvalue weighted by molar-refractivity contribution is 0.0846. The van der Waals surface area contributed by atoms with Gasteiger partial charge in [-0.05, 0) is 56.0 Å². The van der Waals surface area contributed by atoms with Gasteiger partial charge in [-0.15, -0.1) is 10.2 Å². The monoisotopic (exact) mass is 377 g/mol. The lowest BCUT2D eigenvalue weighted by Crippen LogP contribution is -2.32. The molecule has 0 amide bonds. The van der Waals surface area contributed by atoms with Crippen LogP contribution >= 0.6 is 11.3 Å². The number of benzene rings is 1. The van der Waals surface area contributed by atoms with Gasteiger partial charge >= 0.3 is 0 Å². The van der Waals surface area contributed by atoms with Gasteiger partial charge < -0.3 is 4.74 Å². The second kappa shape index (κ2) is 6.13. The molecule has 0 unspecified atom stereocenters. The Bertz CT molecular complexity index is 1120. The average molecular weight is 377 g/mol. The van der Waals surface area contributed by atoms with Gasteiger partial charge in [0.2, 0.25) is 4.96 Å². The summed E-state index contributed by atoms with van der Waals surface area (Å²) in [5, 5.41) is 14.3. The topological polar surface area (TPSA) is 65.2 Å². The van der Waals surface area contributed by atoms with Crippen LogP contribution in [0.2, 0.25) is 0 Å². The van der Waals surface area contributed by atoms with Crippen molar-refractivity contribution in [3.63, 3.8) is 0 Å². The van der Waals surface area contributed by atoms with Gasteiger partial charge in [-0.2, -0.15) is 9.61 Å². The molecule has 136 valence electrons. The fourth-order valence-electron chi connectivity index (χ4n) is 3.40. The van der Waals surface area contributed by atoms with Crippen molar-refractivity contribution in [3.8, 4) is 17.1 Å². The molecule has 0 saturated heterocycles. The molecule has 0 fully saturated rings. The van der Waals surface area contributed by atoms with E-state index in [1.807, 2.05) is 12.1 Å². The Balaban J connectivity index is 1.43. The van der Waals surface area contributed by atoms with Crippen molar-refractivity contribution >= 4 is 16.3 Å². The third-order valence-corrected chi connectivity index (χ3v) is 5.71. The molecule has 5 rings (SSSR count). The average Bonchev–Trinajstić information content (AvgIpc) is 3.22. The van der Waals surface area contributed by atoms with Gasteiger partial charge in [0, 0.05) is 24.4 Å². The molecule has 4 heterocycles. The maximum atomic E-state index is 6.08. The van der Waals surface area contributed by atoms with Gasteiger partial charge in [-0.25, -0.2) is 0 Å². The summed E-state index contributed by atoms with van der Waals surface area (Å²) in [6.45, 7) is 4.28. The molecule has 3 aromatic heterocycles. The number of aryl methyl sites for hydroxylation is 1. The summed E-state index contributed by atoms with van der Waals surface area (Å²) in [7, 11) is 0. The van der Waals surface area contributed by atoms with Crippen molar-refractivity contribution in [2.45, 2.75) is 38.7 Å². The molecular formula is C20H19N5OS. The molecule has 4 aromatic rings.